The number of nitrogens with one attached hydrogen (secondary N) is 1. The van der Waals surface area contributed by atoms with Crippen LogP contribution in [0.1, 0.15) is 19.3 Å². The molecule has 1 aliphatic carbocycles. The van der Waals surface area contributed by atoms with Gasteiger partial charge in [0.05, 0.1) is 7.11 Å². The summed E-state index contributed by atoms with van der Waals surface area (Å²) in [6.45, 7) is 0. The fourth-order valence-electron chi connectivity index (χ4n) is 1.15. The first kappa shape index (κ1) is 8.11. The molecule has 0 saturated carbocycles. The van der Waals surface area contributed by atoms with E-state index in [-0.39, 0.29) is 12.1 Å². The lowest BCUT2D eigenvalue weighted by Crippen LogP contribution is -2.35. The average molecular weight is 155 g/mol. The lowest BCUT2D eigenvalue weighted by atomic mass is 10.0. The molecule has 0 spiro atoms. The van der Waals surface area contributed by atoms with Gasteiger partial charge in [-0.15, -0.1) is 0 Å². The van der Waals surface area contributed by atoms with Crippen molar-refractivity contribution in [3.63, 3.8) is 0 Å². The minimum absolute atomic E-state index is 0.271. The predicted octanol–water partition coefficient (Wildman–Crippen LogP) is 1.45. The number of carbonyl (C=O) groups excluding carboxylic acids is 1. The van der Waals surface area contributed by atoms with Crippen molar-refractivity contribution < 1.29 is 9.53 Å². The molecule has 1 rings (SSSR count). The number of amides is 1. The van der Waals surface area contributed by atoms with Gasteiger partial charge in [0.2, 0.25) is 0 Å². The molecule has 0 radical (unpaired) electrons. The largest absolute Gasteiger partial charge is 0.453 e. The second-order valence-electron chi connectivity index (χ2n) is 2.62. The number of ether oxygens (including phenoxy) is 1. The number of alkyl carbamates (subject to hydrolysis) is 1. The van der Waals surface area contributed by atoms with Crippen molar-refractivity contribution in [2.45, 2.75) is 25.3 Å². The minimum atomic E-state index is -0.328. The molecule has 0 aromatic rings. The van der Waals surface area contributed by atoms with Gasteiger partial charge in [-0.05, 0) is 19.3 Å². The Hall–Kier alpha value is -0.990. The van der Waals surface area contributed by atoms with Gasteiger partial charge in [-0.2, -0.15) is 0 Å². The zero-order valence-corrected chi connectivity index (χ0v) is 6.67. The predicted molar refractivity (Wildman–Crippen MR) is 42.3 cm³/mol. The van der Waals surface area contributed by atoms with E-state index in [1.54, 1.807) is 0 Å². The maximum atomic E-state index is 10.7. The van der Waals surface area contributed by atoms with Crippen LogP contribution >= 0.6 is 0 Å². The molecule has 0 aromatic heterocycles. The first-order valence-electron chi connectivity index (χ1n) is 3.82. The topological polar surface area (TPSA) is 38.3 Å². The van der Waals surface area contributed by atoms with E-state index in [4.69, 9.17) is 0 Å². The van der Waals surface area contributed by atoms with Gasteiger partial charge >= 0.3 is 6.09 Å². The number of rotatable bonds is 1. The van der Waals surface area contributed by atoms with Gasteiger partial charge < -0.3 is 10.1 Å². The highest BCUT2D eigenvalue weighted by atomic mass is 16.5. The van der Waals surface area contributed by atoms with E-state index < -0.39 is 0 Å². The minimum Gasteiger partial charge on any atom is -0.453 e. The fourth-order valence-corrected chi connectivity index (χ4v) is 1.15. The SMILES string of the molecule is COC(=O)NC1CC=CCC1. The zero-order chi connectivity index (χ0) is 8.10. The van der Waals surface area contributed by atoms with Gasteiger partial charge in [0.1, 0.15) is 0 Å². The summed E-state index contributed by atoms with van der Waals surface area (Å²) in [5, 5.41) is 2.76. The van der Waals surface area contributed by atoms with Crippen LogP contribution in [0.25, 0.3) is 0 Å². The summed E-state index contributed by atoms with van der Waals surface area (Å²) in [5.41, 5.74) is 0. The van der Waals surface area contributed by atoms with Crippen LogP contribution in [0.15, 0.2) is 12.2 Å². The highest BCUT2D eigenvalue weighted by Crippen LogP contribution is 2.10. The highest BCUT2D eigenvalue weighted by molar-refractivity contribution is 5.67. The second kappa shape index (κ2) is 4.01. The monoisotopic (exact) mass is 155 g/mol. The first-order valence-corrected chi connectivity index (χ1v) is 3.82. The van der Waals surface area contributed by atoms with E-state index in [0.717, 1.165) is 19.3 Å². The van der Waals surface area contributed by atoms with Crippen LogP contribution in [0.4, 0.5) is 4.79 Å². The third-order valence-corrected chi connectivity index (χ3v) is 1.78. The van der Waals surface area contributed by atoms with Crippen molar-refractivity contribution in [2.75, 3.05) is 7.11 Å². The maximum Gasteiger partial charge on any atom is 0.407 e. The quantitative estimate of drug-likeness (QED) is 0.582. The molecule has 0 fully saturated rings. The van der Waals surface area contributed by atoms with E-state index in [2.05, 4.69) is 22.2 Å². The van der Waals surface area contributed by atoms with Crippen LogP contribution in [0.5, 0.6) is 0 Å². The van der Waals surface area contributed by atoms with Crippen LogP contribution in [0.2, 0.25) is 0 Å². The molecule has 0 aromatic carbocycles. The van der Waals surface area contributed by atoms with E-state index in [1.807, 2.05) is 0 Å². The fraction of sp³-hybridized carbons (Fsp3) is 0.625. The maximum absolute atomic E-state index is 10.7. The van der Waals surface area contributed by atoms with Crippen LogP contribution in [0, 0.1) is 0 Å². The van der Waals surface area contributed by atoms with Crippen molar-refractivity contribution in [2.24, 2.45) is 0 Å². The Bertz CT molecular complexity index is 165. The average Bonchev–Trinajstić information content (AvgIpc) is 2.06. The van der Waals surface area contributed by atoms with Crippen molar-refractivity contribution in [3.8, 4) is 0 Å². The van der Waals surface area contributed by atoms with Crippen LogP contribution in [0.3, 0.4) is 0 Å². The normalized spacial score (nSPS) is 22.8. The molecule has 1 atom stereocenters. The molecule has 1 N–H and O–H groups in total. The number of hydrogen-bond acceptors (Lipinski definition) is 2. The molecular weight excluding hydrogens is 142 g/mol. The number of allylic oxidation sites excluding steroid dienone is 1. The molecule has 0 bridgehead atoms. The molecule has 0 saturated heterocycles. The highest BCUT2D eigenvalue weighted by Gasteiger charge is 2.11. The summed E-state index contributed by atoms with van der Waals surface area (Å²) in [7, 11) is 1.38. The van der Waals surface area contributed by atoms with Gasteiger partial charge in [0.25, 0.3) is 0 Å². The number of hydrogen-bond donors (Lipinski definition) is 1. The molecule has 0 heterocycles. The zero-order valence-electron chi connectivity index (χ0n) is 6.67. The Morgan fingerprint density at radius 2 is 2.45 bits per heavy atom. The second-order valence-corrected chi connectivity index (χ2v) is 2.62. The van der Waals surface area contributed by atoms with Gasteiger partial charge in [0, 0.05) is 6.04 Å². The summed E-state index contributed by atoms with van der Waals surface area (Å²) in [6, 6.07) is 0.271. The molecular formula is C8H13NO2. The Morgan fingerprint density at radius 3 is 3.00 bits per heavy atom. The summed E-state index contributed by atoms with van der Waals surface area (Å²) in [6.07, 6.45) is 6.89. The summed E-state index contributed by atoms with van der Waals surface area (Å²) in [5.74, 6) is 0. The standard InChI is InChI=1S/C8H13NO2/c1-11-8(10)9-7-5-3-2-4-6-7/h2-3,7H,4-6H2,1H3,(H,9,10). The molecule has 62 valence electrons. The van der Waals surface area contributed by atoms with Crippen LogP contribution in [-0.2, 0) is 4.74 Å². The third kappa shape index (κ3) is 2.62. The van der Waals surface area contributed by atoms with Crippen molar-refractivity contribution in [1.29, 1.82) is 0 Å². The molecule has 11 heavy (non-hydrogen) atoms. The molecule has 3 heteroatoms. The third-order valence-electron chi connectivity index (χ3n) is 1.78. The number of carbonyl (C=O) groups is 1. The number of methoxy groups -OCH3 is 1. The summed E-state index contributed by atoms with van der Waals surface area (Å²) in [4.78, 5) is 10.7. The van der Waals surface area contributed by atoms with E-state index in [9.17, 15) is 4.79 Å². The van der Waals surface area contributed by atoms with E-state index in [1.165, 1.54) is 7.11 Å². The molecule has 1 unspecified atom stereocenters. The lowest BCUT2D eigenvalue weighted by molar-refractivity contribution is 0.166. The lowest BCUT2D eigenvalue weighted by Gasteiger charge is -2.17. The van der Waals surface area contributed by atoms with Crippen LogP contribution < -0.4 is 5.32 Å². The molecule has 0 aliphatic heterocycles. The smallest absolute Gasteiger partial charge is 0.407 e. The van der Waals surface area contributed by atoms with Gasteiger partial charge in [-0.1, -0.05) is 12.2 Å². The Morgan fingerprint density at radius 1 is 1.64 bits per heavy atom. The van der Waals surface area contributed by atoms with Crippen molar-refractivity contribution in [3.05, 3.63) is 12.2 Å². The van der Waals surface area contributed by atoms with E-state index >= 15 is 0 Å². The molecule has 3 nitrogen and oxygen atoms in total. The Labute approximate surface area is 66.4 Å². The molecule has 1 amide bonds. The van der Waals surface area contributed by atoms with Crippen LogP contribution in [-0.4, -0.2) is 19.2 Å². The molecule has 1 aliphatic rings. The van der Waals surface area contributed by atoms with Crippen molar-refractivity contribution >= 4 is 6.09 Å². The Kier molecular flexibility index (Phi) is 2.95. The summed E-state index contributed by atoms with van der Waals surface area (Å²) >= 11 is 0. The van der Waals surface area contributed by atoms with Gasteiger partial charge in [-0.25, -0.2) is 4.79 Å². The van der Waals surface area contributed by atoms with Gasteiger partial charge in [-0.3, -0.25) is 0 Å². The Balaban J connectivity index is 2.26. The summed E-state index contributed by atoms with van der Waals surface area (Å²) < 4.78 is 4.48. The first-order chi connectivity index (χ1) is 5.33. The van der Waals surface area contributed by atoms with E-state index in [0.29, 0.717) is 0 Å². The van der Waals surface area contributed by atoms with Crippen molar-refractivity contribution in [1.82, 2.24) is 5.32 Å². The van der Waals surface area contributed by atoms with Gasteiger partial charge in [0.15, 0.2) is 0 Å².